The number of hydrogen-bond acceptors (Lipinski definition) is 3. The molecule has 1 aromatic carbocycles. The van der Waals surface area contributed by atoms with E-state index in [-0.39, 0.29) is 6.04 Å². The molecule has 0 bridgehead atoms. The quantitative estimate of drug-likeness (QED) is 0.781. The molecule has 2 atom stereocenters. The first-order valence-corrected chi connectivity index (χ1v) is 6.77. The molecule has 0 heterocycles. The van der Waals surface area contributed by atoms with Gasteiger partial charge in [0.15, 0.2) is 0 Å². The molecule has 2 unspecified atom stereocenters. The van der Waals surface area contributed by atoms with Crippen molar-refractivity contribution in [1.29, 1.82) is 0 Å². The minimum Gasteiger partial charge on any atom is -0.399 e. The second-order valence-electron chi connectivity index (χ2n) is 4.46. The van der Waals surface area contributed by atoms with E-state index >= 15 is 0 Å². The molecule has 0 spiro atoms. The molecule has 0 radical (unpaired) electrons. The van der Waals surface area contributed by atoms with Crippen molar-refractivity contribution in [2.75, 3.05) is 5.73 Å². The Kier molecular flexibility index (Phi) is 2.67. The largest absolute Gasteiger partial charge is 0.399 e. The Balaban J connectivity index is 2.25. The highest BCUT2D eigenvalue weighted by molar-refractivity contribution is 7.89. The van der Waals surface area contributed by atoms with Gasteiger partial charge in [-0.2, -0.15) is 0 Å². The Hall–Kier alpha value is -1.07. The van der Waals surface area contributed by atoms with Crippen LogP contribution >= 0.6 is 0 Å². The van der Waals surface area contributed by atoms with Crippen molar-refractivity contribution in [3.63, 3.8) is 0 Å². The van der Waals surface area contributed by atoms with E-state index in [1.54, 1.807) is 19.1 Å². The third-order valence-corrected chi connectivity index (χ3v) is 4.46. The Morgan fingerprint density at radius 3 is 2.56 bits per heavy atom. The highest BCUT2D eigenvalue weighted by atomic mass is 32.2. The van der Waals surface area contributed by atoms with E-state index in [1.165, 1.54) is 6.07 Å². The standard InChI is InChI=1S/C11H16N2O2S/c1-7-5-9(3-4-10(7)12)16(14,15)13-11-6-8(11)2/h3-5,8,11,13H,6,12H2,1-2H3. The molecule has 0 saturated heterocycles. The molecule has 1 aromatic rings. The maximum absolute atomic E-state index is 11.9. The van der Waals surface area contributed by atoms with Crippen molar-refractivity contribution in [2.24, 2.45) is 5.92 Å². The van der Waals surface area contributed by atoms with Crippen LogP contribution in [0.15, 0.2) is 23.1 Å². The van der Waals surface area contributed by atoms with Crippen LogP contribution in [0.25, 0.3) is 0 Å². The number of nitrogens with one attached hydrogen (secondary N) is 1. The fraction of sp³-hybridized carbons (Fsp3) is 0.455. The van der Waals surface area contributed by atoms with Crippen molar-refractivity contribution >= 4 is 15.7 Å². The molecule has 0 amide bonds. The maximum Gasteiger partial charge on any atom is 0.240 e. The Morgan fingerprint density at radius 2 is 2.06 bits per heavy atom. The average Bonchev–Trinajstić information content (AvgIpc) is 2.85. The first-order valence-electron chi connectivity index (χ1n) is 5.28. The van der Waals surface area contributed by atoms with Crippen molar-refractivity contribution in [3.8, 4) is 0 Å². The van der Waals surface area contributed by atoms with Crippen LogP contribution in [0.5, 0.6) is 0 Å². The normalized spacial score (nSPS) is 24.4. The zero-order valence-electron chi connectivity index (χ0n) is 9.40. The van der Waals surface area contributed by atoms with E-state index in [0.717, 1.165) is 12.0 Å². The topological polar surface area (TPSA) is 72.2 Å². The Bertz CT molecular complexity index is 511. The van der Waals surface area contributed by atoms with Gasteiger partial charge < -0.3 is 5.73 Å². The first-order chi connectivity index (χ1) is 7.40. The lowest BCUT2D eigenvalue weighted by atomic mass is 10.2. The molecule has 3 N–H and O–H groups in total. The minimum atomic E-state index is -3.37. The maximum atomic E-state index is 11.9. The number of hydrogen-bond donors (Lipinski definition) is 2. The van der Waals surface area contributed by atoms with Crippen molar-refractivity contribution in [2.45, 2.75) is 31.2 Å². The number of sulfonamides is 1. The van der Waals surface area contributed by atoms with Gasteiger partial charge in [-0.1, -0.05) is 6.92 Å². The van der Waals surface area contributed by atoms with E-state index in [9.17, 15) is 8.42 Å². The van der Waals surface area contributed by atoms with Crippen LogP contribution in [0.2, 0.25) is 0 Å². The second kappa shape index (κ2) is 3.75. The fourth-order valence-corrected chi connectivity index (χ4v) is 3.01. The molecule has 0 aromatic heterocycles. The van der Waals surface area contributed by atoms with Gasteiger partial charge in [0, 0.05) is 11.7 Å². The van der Waals surface area contributed by atoms with Gasteiger partial charge in [-0.25, -0.2) is 13.1 Å². The average molecular weight is 240 g/mol. The lowest BCUT2D eigenvalue weighted by Crippen LogP contribution is -2.26. The molecule has 88 valence electrons. The van der Waals surface area contributed by atoms with E-state index in [1.807, 2.05) is 6.92 Å². The minimum absolute atomic E-state index is 0.0999. The number of benzene rings is 1. The lowest BCUT2D eigenvalue weighted by Gasteiger charge is -2.07. The first kappa shape index (κ1) is 11.4. The number of nitrogen functional groups attached to an aromatic ring is 1. The summed E-state index contributed by atoms with van der Waals surface area (Å²) in [6.07, 6.45) is 0.924. The molecular formula is C11H16N2O2S. The van der Waals surface area contributed by atoms with Crippen LogP contribution in [0.4, 0.5) is 5.69 Å². The summed E-state index contributed by atoms with van der Waals surface area (Å²) < 4.78 is 26.6. The predicted octanol–water partition coefficient (Wildman–Crippen LogP) is 1.26. The zero-order valence-corrected chi connectivity index (χ0v) is 10.2. The molecule has 5 heteroatoms. The van der Waals surface area contributed by atoms with Gasteiger partial charge in [0.1, 0.15) is 0 Å². The smallest absolute Gasteiger partial charge is 0.240 e. The van der Waals surface area contributed by atoms with E-state index in [4.69, 9.17) is 5.73 Å². The van der Waals surface area contributed by atoms with Gasteiger partial charge >= 0.3 is 0 Å². The Labute approximate surface area is 95.9 Å². The summed E-state index contributed by atoms with van der Waals surface area (Å²) in [4.78, 5) is 0.290. The summed E-state index contributed by atoms with van der Waals surface area (Å²) in [6.45, 7) is 3.83. The number of anilines is 1. The third-order valence-electron chi connectivity index (χ3n) is 2.97. The van der Waals surface area contributed by atoms with E-state index in [0.29, 0.717) is 16.5 Å². The van der Waals surface area contributed by atoms with E-state index < -0.39 is 10.0 Å². The molecule has 1 fully saturated rings. The molecule has 0 aliphatic heterocycles. The number of rotatable bonds is 3. The number of nitrogens with two attached hydrogens (primary N) is 1. The summed E-state index contributed by atoms with van der Waals surface area (Å²) in [7, 11) is -3.37. The van der Waals surface area contributed by atoms with Crippen molar-refractivity contribution < 1.29 is 8.42 Å². The lowest BCUT2D eigenvalue weighted by molar-refractivity contribution is 0.578. The summed E-state index contributed by atoms with van der Waals surface area (Å²) in [5.74, 6) is 0.449. The van der Waals surface area contributed by atoms with Crippen LogP contribution in [0.3, 0.4) is 0 Å². The van der Waals surface area contributed by atoms with Gasteiger partial charge in [-0.3, -0.25) is 0 Å². The summed E-state index contributed by atoms with van der Waals surface area (Å²) >= 11 is 0. The van der Waals surface area contributed by atoms with Gasteiger partial charge in [-0.15, -0.1) is 0 Å². The summed E-state index contributed by atoms with van der Waals surface area (Å²) in [6, 6.07) is 4.87. The predicted molar refractivity (Wildman–Crippen MR) is 63.5 cm³/mol. The fourth-order valence-electron chi connectivity index (χ4n) is 1.57. The molecule has 4 nitrogen and oxygen atoms in total. The third kappa shape index (κ3) is 2.20. The SMILES string of the molecule is Cc1cc(S(=O)(=O)NC2CC2C)ccc1N. The highest BCUT2D eigenvalue weighted by Crippen LogP contribution is 2.30. The van der Waals surface area contributed by atoms with Crippen molar-refractivity contribution in [1.82, 2.24) is 4.72 Å². The van der Waals surface area contributed by atoms with Gasteiger partial charge in [0.25, 0.3) is 0 Å². The summed E-state index contributed by atoms with van der Waals surface area (Å²) in [5.41, 5.74) is 7.05. The van der Waals surface area contributed by atoms with Crippen LogP contribution < -0.4 is 10.5 Å². The van der Waals surface area contributed by atoms with Gasteiger partial charge in [0.2, 0.25) is 10.0 Å². The van der Waals surface area contributed by atoms with Crippen LogP contribution in [-0.4, -0.2) is 14.5 Å². The van der Waals surface area contributed by atoms with E-state index in [2.05, 4.69) is 4.72 Å². The van der Waals surface area contributed by atoms with Gasteiger partial charge in [-0.05, 0) is 43.0 Å². The zero-order chi connectivity index (χ0) is 11.9. The van der Waals surface area contributed by atoms with Crippen LogP contribution in [-0.2, 0) is 10.0 Å². The van der Waals surface area contributed by atoms with Crippen LogP contribution in [0, 0.1) is 12.8 Å². The molecular weight excluding hydrogens is 224 g/mol. The second-order valence-corrected chi connectivity index (χ2v) is 6.17. The molecule has 1 saturated carbocycles. The molecule has 1 aliphatic carbocycles. The van der Waals surface area contributed by atoms with Crippen molar-refractivity contribution in [3.05, 3.63) is 23.8 Å². The molecule has 1 aliphatic rings. The van der Waals surface area contributed by atoms with Crippen LogP contribution in [0.1, 0.15) is 18.9 Å². The monoisotopic (exact) mass is 240 g/mol. The highest BCUT2D eigenvalue weighted by Gasteiger charge is 2.36. The molecule has 16 heavy (non-hydrogen) atoms. The Morgan fingerprint density at radius 1 is 1.44 bits per heavy atom. The molecule has 2 rings (SSSR count). The van der Waals surface area contributed by atoms with Gasteiger partial charge in [0.05, 0.1) is 4.90 Å². The number of aryl methyl sites for hydroxylation is 1. The summed E-state index contributed by atoms with van der Waals surface area (Å²) in [5, 5.41) is 0.